The highest BCUT2D eigenvalue weighted by Gasteiger charge is 2.35. The number of anilines is 1. The fourth-order valence-electron chi connectivity index (χ4n) is 2.31. The maximum Gasteiger partial charge on any atom is 0.262 e. The summed E-state index contributed by atoms with van der Waals surface area (Å²) in [5.41, 5.74) is 1.76. The van der Waals surface area contributed by atoms with Crippen LogP contribution in [0.4, 0.5) is 5.69 Å². The van der Waals surface area contributed by atoms with Crippen molar-refractivity contribution in [2.24, 2.45) is 4.99 Å². The van der Waals surface area contributed by atoms with Crippen molar-refractivity contribution in [2.45, 2.75) is 6.92 Å². The number of guanidine groups is 1. The maximum absolute atomic E-state index is 12.2. The molecule has 2 heterocycles. The molecular formula is C12H13N3O. The van der Waals surface area contributed by atoms with Crippen LogP contribution in [-0.4, -0.2) is 36.4 Å². The minimum atomic E-state index is 0.0801. The van der Waals surface area contributed by atoms with E-state index < -0.39 is 0 Å². The number of carbonyl (C=O) groups excluding carboxylic acids is 1. The van der Waals surface area contributed by atoms with Crippen molar-refractivity contribution in [2.75, 3.05) is 24.5 Å². The van der Waals surface area contributed by atoms with Gasteiger partial charge in [0.15, 0.2) is 0 Å². The normalized spacial score (nSPS) is 18.3. The first-order chi connectivity index (χ1) is 7.83. The Morgan fingerprint density at radius 2 is 2.19 bits per heavy atom. The molecule has 0 bridgehead atoms. The zero-order valence-corrected chi connectivity index (χ0v) is 9.18. The number of fused-ring (bicyclic) bond motifs is 2. The van der Waals surface area contributed by atoms with E-state index in [1.54, 1.807) is 4.90 Å². The number of carbonyl (C=O) groups is 1. The van der Waals surface area contributed by atoms with Gasteiger partial charge in [0.25, 0.3) is 5.91 Å². The lowest BCUT2D eigenvalue weighted by Gasteiger charge is -2.35. The van der Waals surface area contributed by atoms with E-state index in [1.165, 1.54) is 0 Å². The molecule has 4 heteroatoms. The van der Waals surface area contributed by atoms with Crippen molar-refractivity contribution in [1.29, 1.82) is 0 Å². The SMILES string of the molecule is CCN1C2=NCCN2C(=O)c2ccccc21. The Labute approximate surface area is 94.2 Å². The summed E-state index contributed by atoms with van der Waals surface area (Å²) < 4.78 is 0. The first kappa shape index (κ1) is 9.39. The standard InChI is InChI=1S/C12H13N3O/c1-2-14-10-6-4-3-5-9(10)11(16)15-8-7-13-12(14)15/h3-6H,2,7-8H2,1H3. The molecule has 0 radical (unpaired) electrons. The number of hydrogen-bond donors (Lipinski definition) is 0. The van der Waals surface area contributed by atoms with Crippen LogP contribution in [0.2, 0.25) is 0 Å². The molecule has 1 aromatic rings. The van der Waals surface area contributed by atoms with Gasteiger partial charge in [-0.2, -0.15) is 0 Å². The van der Waals surface area contributed by atoms with Crippen molar-refractivity contribution in [3.8, 4) is 0 Å². The lowest BCUT2D eigenvalue weighted by atomic mass is 10.1. The lowest BCUT2D eigenvalue weighted by molar-refractivity contribution is 0.0852. The molecule has 0 aromatic heterocycles. The minimum absolute atomic E-state index is 0.0801. The van der Waals surface area contributed by atoms with E-state index >= 15 is 0 Å². The second-order valence-electron chi connectivity index (χ2n) is 3.90. The second-order valence-corrected chi connectivity index (χ2v) is 3.90. The third-order valence-electron chi connectivity index (χ3n) is 3.05. The highest BCUT2D eigenvalue weighted by atomic mass is 16.2. The molecule has 0 saturated heterocycles. The van der Waals surface area contributed by atoms with Crippen LogP contribution < -0.4 is 4.90 Å². The van der Waals surface area contributed by atoms with Gasteiger partial charge in [-0.3, -0.25) is 14.7 Å². The van der Waals surface area contributed by atoms with Crippen molar-refractivity contribution in [3.63, 3.8) is 0 Å². The number of rotatable bonds is 1. The van der Waals surface area contributed by atoms with E-state index in [9.17, 15) is 4.79 Å². The maximum atomic E-state index is 12.2. The summed E-state index contributed by atoms with van der Waals surface area (Å²) in [6.07, 6.45) is 0. The largest absolute Gasteiger partial charge is 0.312 e. The zero-order valence-electron chi connectivity index (χ0n) is 9.18. The fourth-order valence-corrected chi connectivity index (χ4v) is 2.31. The lowest BCUT2D eigenvalue weighted by Crippen LogP contribution is -2.49. The molecular weight excluding hydrogens is 202 g/mol. The molecule has 1 amide bonds. The van der Waals surface area contributed by atoms with Gasteiger partial charge < -0.3 is 4.90 Å². The number of hydrogen-bond acceptors (Lipinski definition) is 3. The number of aliphatic imine (C=N–C) groups is 1. The Bertz CT molecular complexity index is 481. The number of benzene rings is 1. The smallest absolute Gasteiger partial charge is 0.262 e. The van der Waals surface area contributed by atoms with Crippen molar-refractivity contribution in [1.82, 2.24) is 4.90 Å². The van der Waals surface area contributed by atoms with Crippen LogP contribution in [0.3, 0.4) is 0 Å². The van der Waals surface area contributed by atoms with E-state index in [4.69, 9.17) is 0 Å². The van der Waals surface area contributed by atoms with Crippen LogP contribution in [0.5, 0.6) is 0 Å². The molecule has 0 saturated carbocycles. The minimum Gasteiger partial charge on any atom is -0.312 e. The van der Waals surface area contributed by atoms with Crippen molar-refractivity contribution in [3.05, 3.63) is 29.8 Å². The van der Waals surface area contributed by atoms with Crippen LogP contribution >= 0.6 is 0 Å². The summed E-state index contributed by atoms with van der Waals surface area (Å²) in [5, 5.41) is 0. The van der Waals surface area contributed by atoms with Crippen LogP contribution in [0, 0.1) is 0 Å². The van der Waals surface area contributed by atoms with Gasteiger partial charge >= 0.3 is 0 Å². The predicted octanol–water partition coefficient (Wildman–Crippen LogP) is 1.34. The van der Waals surface area contributed by atoms with Gasteiger partial charge in [-0.15, -0.1) is 0 Å². The molecule has 3 rings (SSSR count). The Hall–Kier alpha value is -1.84. The number of para-hydroxylation sites is 1. The van der Waals surface area contributed by atoms with E-state index in [2.05, 4.69) is 16.8 Å². The van der Waals surface area contributed by atoms with Gasteiger partial charge in [-0.1, -0.05) is 12.1 Å². The van der Waals surface area contributed by atoms with E-state index in [-0.39, 0.29) is 5.91 Å². The average molecular weight is 215 g/mol. The molecule has 1 aromatic carbocycles. The molecule has 0 atom stereocenters. The van der Waals surface area contributed by atoms with Gasteiger partial charge in [-0.25, -0.2) is 0 Å². The van der Waals surface area contributed by atoms with E-state index in [1.807, 2.05) is 24.3 Å². The molecule has 0 fully saturated rings. The highest BCUT2D eigenvalue weighted by Crippen LogP contribution is 2.29. The monoisotopic (exact) mass is 215 g/mol. The number of nitrogens with zero attached hydrogens (tertiary/aromatic N) is 3. The Morgan fingerprint density at radius 1 is 1.38 bits per heavy atom. The predicted molar refractivity (Wildman–Crippen MR) is 62.8 cm³/mol. The second kappa shape index (κ2) is 3.33. The molecule has 16 heavy (non-hydrogen) atoms. The third kappa shape index (κ3) is 1.10. The fraction of sp³-hybridized carbons (Fsp3) is 0.333. The molecule has 2 aliphatic rings. The topological polar surface area (TPSA) is 35.9 Å². The Kier molecular flexibility index (Phi) is 1.96. The molecule has 0 unspecified atom stereocenters. The molecule has 2 aliphatic heterocycles. The summed E-state index contributed by atoms with van der Waals surface area (Å²) in [6.45, 7) is 4.33. The van der Waals surface area contributed by atoms with Gasteiger partial charge in [-0.05, 0) is 19.1 Å². The average Bonchev–Trinajstić information content (AvgIpc) is 2.79. The summed E-state index contributed by atoms with van der Waals surface area (Å²) in [5.74, 6) is 0.891. The summed E-state index contributed by atoms with van der Waals surface area (Å²) in [6, 6.07) is 7.73. The van der Waals surface area contributed by atoms with Crippen LogP contribution in [0.25, 0.3) is 0 Å². The first-order valence-corrected chi connectivity index (χ1v) is 5.56. The highest BCUT2D eigenvalue weighted by molar-refractivity contribution is 6.19. The molecule has 0 spiro atoms. The van der Waals surface area contributed by atoms with Gasteiger partial charge in [0.1, 0.15) is 0 Å². The molecule has 4 nitrogen and oxygen atoms in total. The zero-order chi connectivity index (χ0) is 11.1. The number of amides is 1. The summed E-state index contributed by atoms with van der Waals surface area (Å²) >= 11 is 0. The van der Waals surface area contributed by atoms with Crippen molar-refractivity contribution >= 4 is 17.6 Å². The summed E-state index contributed by atoms with van der Waals surface area (Å²) in [4.78, 5) is 20.5. The van der Waals surface area contributed by atoms with Crippen LogP contribution in [-0.2, 0) is 0 Å². The molecule has 0 aliphatic carbocycles. The Morgan fingerprint density at radius 3 is 3.00 bits per heavy atom. The third-order valence-corrected chi connectivity index (χ3v) is 3.05. The van der Waals surface area contributed by atoms with Gasteiger partial charge in [0.05, 0.1) is 17.8 Å². The summed E-state index contributed by atoms with van der Waals surface area (Å²) in [7, 11) is 0. The van der Waals surface area contributed by atoms with Crippen LogP contribution in [0.15, 0.2) is 29.3 Å². The van der Waals surface area contributed by atoms with E-state index in [0.29, 0.717) is 13.1 Å². The van der Waals surface area contributed by atoms with E-state index in [0.717, 1.165) is 23.8 Å². The molecule has 82 valence electrons. The molecule has 0 N–H and O–H groups in total. The van der Waals surface area contributed by atoms with Crippen LogP contribution in [0.1, 0.15) is 17.3 Å². The van der Waals surface area contributed by atoms with Gasteiger partial charge in [0, 0.05) is 13.1 Å². The Balaban J connectivity index is 2.19. The van der Waals surface area contributed by atoms with Crippen molar-refractivity contribution < 1.29 is 4.79 Å². The quantitative estimate of drug-likeness (QED) is 0.708. The first-order valence-electron chi connectivity index (χ1n) is 5.56. The van der Waals surface area contributed by atoms with Gasteiger partial charge in [0.2, 0.25) is 5.96 Å².